The molecule has 26 heavy (non-hydrogen) atoms. The van der Waals surface area contributed by atoms with Crippen molar-refractivity contribution in [3.05, 3.63) is 53.5 Å². The van der Waals surface area contributed by atoms with E-state index >= 15 is 0 Å². The Morgan fingerprint density at radius 1 is 1.38 bits per heavy atom. The topological polar surface area (TPSA) is 89.8 Å². The van der Waals surface area contributed by atoms with Gasteiger partial charge in [-0.1, -0.05) is 6.08 Å². The highest BCUT2D eigenvalue weighted by atomic mass is 15.1. The number of aromatic amines is 1. The first-order chi connectivity index (χ1) is 12.6. The molecule has 2 N–H and O–H groups in total. The SMILES string of the molecule is C/C=C(/C)C(=NC)Nc1cc(-c2ccnc(C)c2)c2c(C#N)c[nH]c2n1. The van der Waals surface area contributed by atoms with Gasteiger partial charge in [0.2, 0.25) is 0 Å². The molecule has 6 nitrogen and oxygen atoms in total. The molecule has 0 bridgehead atoms. The number of hydrogen-bond donors (Lipinski definition) is 2. The molecule has 0 aliphatic heterocycles. The summed E-state index contributed by atoms with van der Waals surface area (Å²) in [6, 6.07) is 8.11. The van der Waals surface area contributed by atoms with Gasteiger partial charge in [-0.3, -0.25) is 9.98 Å². The van der Waals surface area contributed by atoms with E-state index in [1.165, 1.54) is 0 Å². The van der Waals surface area contributed by atoms with Crippen LogP contribution in [0.3, 0.4) is 0 Å². The summed E-state index contributed by atoms with van der Waals surface area (Å²) in [7, 11) is 1.74. The van der Waals surface area contributed by atoms with Gasteiger partial charge in [-0.2, -0.15) is 5.26 Å². The number of pyridine rings is 2. The molecule has 0 aliphatic rings. The molecule has 0 aromatic carbocycles. The fraction of sp³-hybridized carbons (Fsp3) is 0.200. The normalized spacial score (nSPS) is 12.3. The number of hydrogen-bond acceptors (Lipinski definition) is 4. The van der Waals surface area contributed by atoms with Crippen LogP contribution in [0, 0.1) is 18.3 Å². The van der Waals surface area contributed by atoms with Crippen LogP contribution in [0.25, 0.3) is 22.2 Å². The number of nitrogens with zero attached hydrogens (tertiary/aromatic N) is 4. The number of aliphatic imine (C=N–C) groups is 1. The largest absolute Gasteiger partial charge is 0.345 e. The van der Waals surface area contributed by atoms with Gasteiger partial charge < -0.3 is 10.3 Å². The Bertz CT molecular complexity index is 1070. The van der Waals surface area contributed by atoms with Crippen molar-refractivity contribution < 1.29 is 0 Å². The minimum atomic E-state index is 0.567. The number of amidine groups is 1. The molecule has 3 aromatic rings. The van der Waals surface area contributed by atoms with E-state index in [9.17, 15) is 5.26 Å². The summed E-state index contributed by atoms with van der Waals surface area (Å²) in [5.41, 5.74) is 5.08. The van der Waals surface area contributed by atoms with Crippen molar-refractivity contribution in [2.24, 2.45) is 4.99 Å². The summed E-state index contributed by atoms with van der Waals surface area (Å²) in [5, 5.41) is 13.5. The summed E-state index contributed by atoms with van der Waals surface area (Å²) in [6.07, 6.45) is 5.44. The second kappa shape index (κ2) is 7.19. The Balaban J connectivity index is 2.21. The summed E-state index contributed by atoms with van der Waals surface area (Å²) < 4.78 is 0. The highest BCUT2D eigenvalue weighted by molar-refractivity contribution is 6.08. The first kappa shape index (κ1) is 17.4. The van der Waals surface area contributed by atoms with Gasteiger partial charge in [0.15, 0.2) is 0 Å². The minimum absolute atomic E-state index is 0.567. The molecule has 0 saturated heterocycles. The zero-order chi connectivity index (χ0) is 18.7. The molecule has 0 amide bonds. The van der Waals surface area contributed by atoms with Crippen molar-refractivity contribution >= 4 is 22.7 Å². The maximum Gasteiger partial charge on any atom is 0.141 e. The summed E-state index contributed by atoms with van der Waals surface area (Å²) >= 11 is 0. The number of aromatic nitrogens is 3. The third-order valence-electron chi connectivity index (χ3n) is 4.25. The third kappa shape index (κ3) is 3.20. The summed E-state index contributed by atoms with van der Waals surface area (Å²) in [4.78, 5) is 16.3. The van der Waals surface area contributed by atoms with Crippen LogP contribution in [0.1, 0.15) is 25.1 Å². The first-order valence-corrected chi connectivity index (χ1v) is 8.29. The van der Waals surface area contributed by atoms with E-state index in [4.69, 9.17) is 0 Å². The number of anilines is 1. The Kier molecular flexibility index (Phi) is 4.81. The molecular weight excluding hydrogens is 324 g/mol. The summed E-state index contributed by atoms with van der Waals surface area (Å²) in [6.45, 7) is 5.90. The Hall–Kier alpha value is -3.46. The number of fused-ring (bicyclic) bond motifs is 1. The number of allylic oxidation sites excluding steroid dienone is 1. The molecule has 0 unspecified atom stereocenters. The second-order valence-electron chi connectivity index (χ2n) is 5.95. The van der Waals surface area contributed by atoms with Gasteiger partial charge in [0.1, 0.15) is 23.4 Å². The van der Waals surface area contributed by atoms with Crippen LogP contribution in [-0.4, -0.2) is 27.8 Å². The smallest absolute Gasteiger partial charge is 0.141 e. The van der Waals surface area contributed by atoms with Gasteiger partial charge in [0, 0.05) is 30.5 Å². The van der Waals surface area contributed by atoms with Crippen LogP contribution < -0.4 is 5.32 Å². The predicted molar refractivity (Wildman–Crippen MR) is 105 cm³/mol. The van der Waals surface area contributed by atoms with Crippen LogP contribution >= 0.6 is 0 Å². The van der Waals surface area contributed by atoms with Crippen molar-refractivity contribution in [1.29, 1.82) is 5.26 Å². The molecule has 0 radical (unpaired) electrons. The number of aryl methyl sites for hydroxylation is 1. The van der Waals surface area contributed by atoms with Crippen molar-refractivity contribution in [1.82, 2.24) is 15.0 Å². The maximum atomic E-state index is 9.46. The molecular formula is C20H20N6. The van der Waals surface area contributed by atoms with Gasteiger partial charge in [-0.25, -0.2) is 4.98 Å². The lowest BCUT2D eigenvalue weighted by atomic mass is 10.0. The molecule has 130 valence electrons. The number of H-pyrrole nitrogens is 1. The third-order valence-corrected chi connectivity index (χ3v) is 4.25. The Morgan fingerprint density at radius 2 is 2.19 bits per heavy atom. The van der Waals surface area contributed by atoms with E-state index in [1.807, 2.05) is 45.0 Å². The minimum Gasteiger partial charge on any atom is -0.345 e. The van der Waals surface area contributed by atoms with Gasteiger partial charge in [-0.05, 0) is 55.7 Å². The summed E-state index contributed by atoms with van der Waals surface area (Å²) in [5.74, 6) is 1.42. The zero-order valence-electron chi connectivity index (χ0n) is 15.3. The zero-order valence-corrected chi connectivity index (χ0v) is 15.3. The van der Waals surface area contributed by atoms with Crippen LogP contribution in [0.4, 0.5) is 5.82 Å². The van der Waals surface area contributed by atoms with E-state index in [-0.39, 0.29) is 0 Å². The van der Waals surface area contributed by atoms with Crippen molar-refractivity contribution in [3.63, 3.8) is 0 Å². The molecule has 3 heterocycles. The van der Waals surface area contributed by atoms with Crippen LogP contribution in [-0.2, 0) is 0 Å². The lowest BCUT2D eigenvalue weighted by molar-refractivity contribution is 1.20. The van der Waals surface area contributed by atoms with E-state index in [0.29, 0.717) is 17.0 Å². The molecule has 0 aliphatic carbocycles. The molecule has 0 saturated carbocycles. The molecule has 3 aromatic heterocycles. The quantitative estimate of drug-likeness (QED) is 0.550. The van der Waals surface area contributed by atoms with Gasteiger partial charge >= 0.3 is 0 Å². The van der Waals surface area contributed by atoms with Crippen molar-refractivity contribution in [3.8, 4) is 17.2 Å². The molecule has 3 rings (SSSR count). The van der Waals surface area contributed by atoms with Gasteiger partial charge in [0.25, 0.3) is 0 Å². The molecule has 6 heteroatoms. The van der Waals surface area contributed by atoms with Crippen LogP contribution in [0.15, 0.2) is 47.2 Å². The lowest BCUT2D eigenvalue weighted by Gasteiger charge is -2.12. The van der Waals surface area contributed by atoms with E-state index in [0.717, 1.165) is 33.6 Å². The lowest BCUT2D eigenvalue weighted by Crippen LogP contribution is -2.14. The van der Waals surface area contributed by atoms with E-state index in [1.54, 1.807) is 19.4 Å². The van der Waals surface area contributed by atoms with Crippen LogP contribution in [0.2, 0.25) is 0 Å². The Morgan fingerprint density at radius 3 is 2.85 bits per heavy atom. The highest BCUT2D eigenvalue weighted by Gasteiger charge is 2.15. The number of rotatable bonds is 3. The fourth-order valence-electron chi connectivity index (χ4n) is 2.82. The number of nitrogens with one attached hydrogen (secondary N) is 2. The Labute approximate surface area is 152 Å². The average Bonchev–Trinajstić information content (AvgIpc) is 3.07. The maximum absolute atomic E-state index is 9.46. The molecule has 0 fully saturated rings. The second-order valence-corrected chi connectivity index (χ2v) is 5.95. The van der Waals surface area contributed by atoms with Gasteiger partial charge in [0.05, 0.1) is 5.56 Å². The van der Waals surface area contributed by atoms with E-state index in [2.05, 4.69) is 31.3 Å². The average molecular weight is 344 g/mol. The number of nitriles is 1. The highest BCUT2D eigenvalue weighted by Crippen LogP contribution is 2.32. The van der Waals surface area contributed by atoms with Gasteiger partial charge in [-0.15, -0.1) is 0 Å². The monoisotopic (exact) mass is 344 g/mol. The fourth-order valence-corrected chi connectivity index (χ4v) is 2.82. The molecule has 0 spiro atoms. The predicted octanol–water partition coefficient (Wildman–Crippen LogP) is 4.21. The van der Waals surface area contributed by atoms with Crippen LogP contribution in [0.5, 0.6) is 0 Å². The standard InChI is InChI=1S/C20H20N6/c1-5-12(2)19(22-4)25-17-9-16(14-6-7-23-13(3)8-14)18-15(10-21)11-24-20(18)26-17/h5-9,11H,1-4H3,(H2,22,24,25,26)/b12-5-. The first-order valence-electron chi connectivity index (χ1n) is 8.29. The van der Waals surface area contributed by atoms with Crippen molar-refractivity contribution in [2.75, 3.05) is 12.4 Å². The van der Waals surface area contributed by atoms with Crippen molar-refractivity contribution in [2.45, 2.75) is 20.8 Å². The molecule has 0 atom stereocenters. The van der Waals surface area contributed by atoms with E-state index < -0.39 is 0 Å².